The molecule has 0 saturated carbocycles. The molecule has 1 fully saturated rings. The smallest absolute Gasteiger partial charge is 0.387 e. The van der Waals surface area contributed by atoms with Gasteiger partial charge in [0.2, 0.25) is 0 Å². The molecule has 0 atom stereocenters. The van der Waals surface area contributed by atoms with Crippen LogP contribution in [0.3, 0.4) is 0 Å². The minimum absolute atomic E-state index is 0.0602. The molecule has 124 valence electrons. The van der Waals surface area contributed by atoms with Crippen LogP contribution in [0.2, 0.25) is 0 Å². The molecule has 1 N–H and O–H groups in total. The van der Waals surface area contributed by atoms with E-state index in [9.17, 15) is 17.2 Å². The lowest BCUT2D eigenvalue weighted by Gasteiger charge is -2.23. The zero-order valence-corrected chi connectivity index (χ0v) is 13.0. The molecular weight excluding hydrogens is 316 g/mol. The molecule has 8 heteroatoms. The average Bonchev–Trinajstić information content (AvgIpc) is 2.46. The molecule has 1 heterocycles. The van der Waals surface area contributed by atoms with Crippen LogP contribution >= 0.6 is 0 Å². The standard InChI is InChI=1S/C14H19F2NO4S/c1-20-12-3-2-10(13(8-12)21-14(15)16)9-17-11-4-6-22(18,19)7-5-11/h2-3,8,11,14,17H,4-7,9H2,1H3. The van der Waals surface area contributed by atoms with E-state index in [0.29, 0.717) is 30.7 Å². The first-order valence-electron chi connectivity index (χ1n) is 6.95. The van der Waals surface area contributed by atoms with Gasteiger partial charge in [0.15, 0.2) is 0 Å². The number of hydrogen-bond acceptors (Lipinski definition) is 5. The van der Waals surface area contributed by atoms with Crippen molar-refractivity contribution in [3.63, 3.8) is 0 Å². The van der Waals surface area contributed by atoms with Crippen molar-refractivity contribution in [3.05, 3.63) is 23.8 Å². The summed E-state index contributed by atoms with van der Waals surface area (Å²) in [4.78, 5) is 0. The van der Waals surface area contributed by atoms with Crippen LogP contribution < -0.4 is 14.8 Å². The molecule has 1 aromatic rings. The first-order valence-corrected chi connectivity index (χ1v) is 8.77. The molecule has 0 bridgehead atoms. The predicted octanol–water partition coefficient (Wildman–Crippen LogP) is 1.96. The lowest BCUT2D eigenvalue weighted by atomic mass is 10.1. The quantitative estimate of drug-likeness (QED) is 0.861. The van der Waals surface area contributed by atoms with Crippen molar-refractivity contribution in [2.45, 2.75) is 32.0 Å². The molecule has 22 heavy (non-hydrogen) atoms. The highest BCUT2D eigenvalue weighted by molar-refractivity contribution is 7.91. The maximum atomic E-state index is 12.5. The highest BCUT2D eigenvalue weighted by atomic mass is 32.2. The summed E-state index contributed by atoms with van der Waals surface area (Å²) >= 11 is 0. The van der Waals surface area contributed by atoms with Crippen molar-refractivity contribution in [1.29, 1.82) is 0 Å². The number of sulfone groups is 1. The highest BCUT2D eigenvalue weighted by Crippen LogP contribution is 2.26. The Morgan fingerprint density at radius 2 is 2.00 bits per heavy atom. The number of alkyl halides is 2. The van der Waals surface area contributed by atoms with E-state index in [-0.39, 0.29) is 23.3 Å². The molecule has 0 amide bonds. The van der Waals surface area contributed by atoms with Crippen molar-refractivity contribution in [1.82, 2.24) is 5.32 Å². The number of halogens is 2. The van der Waals surface area contributed by atoms with Crippen LogP contribution in [0, 0.1) is 0 Å². The van der Waals surface area contributed by atoms with Crippen LogP contribution in [0.4, 0.5) is 8.78 Å². The van der Waals surface area contributed by atoms with Crippen molar-refractivity contribution in [2.75, 3.05) is 18.6 Å². The van der Waals surface area contributed by atoms with E-state index >= 15 is 0 Å². The van der Waals surface area contributed by atoms with Gasteiger partial charge in [0.05, 0.1) is 18.6 Å². The zero-order chi connectivity index (χ0) is 16.2. The monoisotopic (exact) mass is 335 g/mol. The van der Waals surface area contributed by atoms with Crippen molar-refractivity contribution < 1.29 is 26.7 Å². The molecule has 1 aliphatic rings. The number of hydrogen-bond donors (Lipinski definition) is 1. The third-order valence-corrected chi connectivity index (χ3v) is 5.34. The highest BCUT2D eigenvalue weighted by Gasteiger charge is 2.23. The molecule has 1 aliphatic heterocycles. The molecule has 0 spiro atoms. The Labute approximate surface area is 128 Å². The van der Waals surface area contributed by atoms with Gasteiger partial charge in [0.25, 0.3) is 0 Å². The summed E-state index contributed by atoms with van der Waals surface area (Å²) < 4.78 is 57.2. The fourth-order valence-electron chi connectivity index (χ4n) is 2.36. The molecule has 0 radical (unpaired) electrons. The van der Waals surface area contributed by atoms with Gasteiger partial charge in [-0.1, -0.05) is 6.07 Å². The SMILES string of the molecule is COc1ccc(CNC2CCS(=O)(=O)CC2)c(OC(F)F)c1. The summed E-state index contributed by atoms with van der Waals surface area (Å²) in [5, 5.41) is 3.20. The summed E-state index contributed by atoms with van der Waals surface area (Å²) in [5.41, 5.74) is 0.578. The Morgan fingerprint density at radius 1 is 1.32 bits per heavy atom. The van der Waals surface area contributed by atoms with Crippen molar-refractivity contribution in [3.8, 4) is 11.5 Å². The number of nitrogens with one attached hydrogen (secondary N) is 1. The topological polar surface area (TPSA) is 64.6 Å². The summed E-state index contributed by atoms with van der Waals surface area (Å²) in [7, 11) is -1.47. The largest absolute Gasteiger partial charge is 0.497 e. The third-order valence-electron chi connectivity index (χ3n) is 3.63. The Bertz CT molecular complexity index is 593. The minimum atomic E-state index is -2.91. The summed E-state index contributed by atoms with van der Waals surface area (Å²) in [6.07, 6.45) is 1.06. The lowest BCUT2D eigenvalue weighted by molar-refractivity contribution is -0.0506. The van der Waals surface area contributed by atoms with Gasteiger partial charge in [0, 0.05) is 24.2 Å². The van der Waals surface area contributed by atoms with E-state index in [4.69, 9.17) is 4.74 Å². The maximum absolute atomic E-state index is 12.5. The zero-order valence-electron chi connectivity index (χ0n) is 12.2. The number of methoxy groups -OCH3 is 1. The van der Waals surface area contributed by atoms with E-state index in [1.165, 1.54) is 13.2 Å². The normalized spacial score (nSPS) is 18.4. The first-order chi connectivity index (χ1) is 10.4. The number of rotatable bonds is 6. The molecule has 0 unspecified atom stereocenters. The van der Waals surface area contributed by atoms with Crippen LogP contribution in [-0.2, 0) is 16.4 Å². The van der Waals surface area contributed by atoms with Crippen LogP contribution in [-0.4, -0.2) is 39.7 Å². The van der Waals surface area contributed by atoms with Gasteiger partial charge in [-0.3, -0.25) is 0 Å². The lowest BCUT2D eigenvalue weighted by Crippen LogP contribution is -2.37. The molecule has 5 nitrogen and oxygen atoms in total. The fourth-order valence-corrected chi connectivity index (χ4v) is 3.85. The van der Waals surface area contributed by atoms with Crippen LogP contribution in [0.1, 0.15) is 18.4 Å². The van der Waals surface area contributed by atoms with E-state index in [2.05, 4.69) is 10.1 Å². The average molecular weight is 335 g/mol. The molecule has 2 rings (SSSR count). The molecule has 0 aliphatic carbocycles. The molecule has 0 aromatic heterocycles. The second-order valence-corrected chi connectivity index (χ2v) is 7.46. The Morgan fingerprint density at radius 3 is 2.59 bits per heavy atom. The second kappa shape index (κ2) is 7.23. The van der Waals surface area contributed by atoms with Crippen LogP contribution in [0.5, 0.6) is 11.5 Å². The van der Waals surface area contributed by atoms with Crippen LogP contribution in [0.15, 0.2) is 18.2 Å². The molecule has 1 saturated heterocycles. The first kappa shape index (κ1) is 17.0. The summed E-state index contributed by atoms with van der Waals surface area (Å²) in [6, 6.07) is 4.79. The van der Waals surface area contributed by atoms with Gasteiger partial charge in [-0.25, -0.2) is 8.42 Å². The molecule has 1 aromatic carbocycles. The van der Waals surface area contributed by atoms with Gasteiger partial charge in [-0.15, -0.1) is 0 Å². The van der Waals surface area contributed by atoms with Crippen molar-refractivity contribution >= 4 is 9.84 Å². The molecular formula is C14H19F2NO4S. The fraction of sp³-hybridized carbons (Fsp3) is 0.571. The van der Waals surface area contributed by atoms with Gasteiger partial charge < -0.3 is 14.8 Å². The third kappa shape index (κ3) is 4.81. The summed E-state index contributed by atoms with van der Waals surface area (Å²) in [6.45, 7) is -2.58. The predicted molar refractivity (Wildman–Crippen MR) is 78.1 cm³/mol. The second-order valence-electron chi connectivity index (χ2n) is 5.16. The van der Waals surface area contributed by atoms with Gasteiger partial charge in [-0.05, 0) is 18.9 Å². The van der Waals surface area contributed by atoms with E-state index in [1.807, 2.05) is 0 Å². The van der Waals surface area contributed by atoms with Crippen molar-refractivity contribution in [2.24, 2.45) is 0 Å². The van der Waals surface area contributed by atoms with Gasteiger partial charge in [0.1, 0.15) is 21.3 Å². The van der Waals surface area contributed by atoms with Crippen LogP contribution in [0.25, 0.3) is 0 Å². The Hall–Kier alpha value is -1.41. The summed E-state index contributed by atoms with van der Waals surface area (Å²) in [5.74, 6) is 0.815. The number of benzene rings is 1. The maximum Gasteiger partial charge on any atom is 0.387 e. The van der Waals surface area contributed by atoms with E-state index < -0.39 is 16.4 Å². The Balaban J connectivity index is 1.99. The van der Waals surface area contributed by atoms with Gasteiger partial charge in [-0.2, -0.15) is 8.78 Å². The Kier molecular flexibility index (Phi) is 5.57. The minimum Gasteiger partial charge on any atom is -0.497 e. The van der Waals surface area contributed by atoms with E-state index in [1.54, 1.807) is 12.1 Å². The number of ether oxygens (including phenoxy) is 2. The van der Waals surface area contributed by atoms with Gasteiger partial charge >= 0.3 is 6.61 Å². The van der Waals surface area contributed by atoms with E-state index in [0.717, 1.165) is 0 Å².